The SMILES string of the molecule is CCCN(CC(=O)N(Cc1ccco1)Cc1cccn1C)C(=O)COCc1ccccc1. The van der Waals surface area contributed by atoms with Crippen LogP contribution in [-0.2, 0) is 41.1 Å². The molecule has 32 heavy (non-hydrogen) atoms. The van der Waals surface area contributed by atoms with Crippen molar-refractivity contribution in [1.29, 1.82) is 0 Å². The smallest absolute Gasteiger partial charge is 0.249 e. The molecule has 0 saturated carbocycles. The van der Waals surface area contributed by atoms with Gasteiger partial charge >= 0.3 is 0 Å². The van der Waals surface area contributed by atoms with Gasteiger partial charge in [-0.2, -0.15) is 0 Å². The summed E-state index contributed by atoms with van der Waals surface area (Å²) in [5.74, 6) is 0.382. The molecule has 0 N–H and O–H groups in total. The Morgan fingerprint density at radius 2 is 1.78 bits per heavy atom. The maximum Gasteiger partial charge on any atom is 0.249 e. The average molecular weight is 438 g/mol. The maximum absolute atomic E-state index is 13.2. The molecule has 170 valence electrons. The van der Waals surface area contributed by atoms with Crippen LogP contribution in [0.15, 0.2) is 71.5 Å². The number of carbonyl (C=O) groups excluding carboxylic acids is 2. The predicted octanol–water partition coefficient (Wildman–Crippen LogP) is 3.60. The summed E-state index contributed by atoms with van der Waals surface area (Å²) in [6, 6.07) is 17.3. The summed E-state index contributed by atoms with van der Waals surface area (Å²) in [7, 11) is 1.95. The van der Waals surface area contributed by atoms with Crippen molar-refractivity contribution in [2.45, 2.75) is 33.0 Å². The molecule has 0 saturated heterocycles. The van der Waals surface area contributed by atoms with Crippen molar-refractivity contribution in [3.8, 4) is 0 Å². The van der Waals surface area contributed by atoms with Crippen molar-refractivity contribution in [3.63, 3.8) is 0 Å². The van der Waals surface area contributed by atoms with Gasteiger partial charge in [-0.25, -0.2) is 0 Å². The molecule has 0 aliphatic carbocycles. The molecule has 0 radical (unpaired) electrons. The molecule has 0 unspecified atom stereocenters. The van der Waals surface area contributed by atoms with Crippen molar-refractivity contribution in [3.05, 3.63) is 84.1 Å². The van der Waals surface area contributed by atoms with Crippen LogP contribution in [0.4, 0.5) is 0 Å². The maximum atomic E-state index is 13.2. The number of amides is 2. The van der Waals surface area contributed by atoms with E-state index in [2.05, 4.69) is 0 Å². The van der Waals surface area contributed by atoms with Crippen LogP contribution in [0.25, 0.3) is 0 Å². The first kappa shape index (κ1) is 23.3. The van der Waals surface area contributed by atoms with E-state index in [0.717, 1.165) is 17.7 Å². The number of carbonyl (C=O) groups is 2. The number of aromatic nitrogens is 1. The number of furan rings is 1. The molecule has 7 heteroatoms. The quantitative estimate of drug-likeness (QED) is 0.434. The van der Waals surface area contributed by atoms with Crippen LogP contribution in [0, 0.1) is 0 Å². The Labute approximate surface area is 189 Å². The third kappa shape index (κ3) is 6.85. The summed E-state index contributed by atoms with van der Waals surface area (Å²) >= 11 is 0. The molecule has 0 aliphatic heterocycles. The van der Waals surface area contributed by atoms with Gasteiger partial charge < -0.3 is 23.5 Å². The highest BCUT2D eigenvalue weighted by atomic mass is 16.5. The number of aryl methyl sites for hydroxylation is 1. The van der Waals surface area contributed by atoms with Crippen molar-refractivity contribution >= 4 is 11.8 Å². The fourth-order valence-electron chi connectivity index (χ4n) is 3.43. The normalized spacial score (nSPS) is 10.8. The highest BCUT2D eigenvalue weighted by molar-refractivity contribution is 5.85. The van der Waals surface area contributed by atoms with Gasteiger partial charge in [0.1, 0.15) is 12.4 Å². The number of rotatable bonds is 12. The molecule has 0 atom stereocenters. The lowest BCUT2D eigenvalue weighted by atomic mass is 10.2. The van der Waals surface area contributed by atoms with Gasteiger partial charge in [-0.05, 0) is 36.2 Å². The van der Waals surface area contributed by atoms with E-state index in [4.69, 9.17) is 9.15 Å². The Morgan fingerprint density at radius 3 is 2.44 bits per heavy atom. The molecular formula is C25H31N3O4. The second-order valence-corrected chi connectivity index (χ2v) is 7.73. The lowest BCUT2D eigenvalue weighted by Crippen LogP contribution is -2.44. The van der Waals surface area contributed by atoms with Gasteiger partial charge in [0.15, 0.2) is 0 Å². The Balaban J connectivity index is 1.62. The van der Waals surface area contributed by atoms with Crippen molar-refractivity contribution in [1.82, 2.24) is 14.4 Å². The topological polar surface area (TPSA) is 67.9 Å². The molecule has 0 bridgehead atoms. The number of nitrogens with zero attached hydrogens (tertiary/aromatic N) is 3. The zero-order valence-electron chi connectivity index (χ0n) is 18.8. The van der Waals surface area contributed by atoms with Crippen LogP contribution in [0.2, 0.25) is 0 Å². The first-order valence-electron chi connectivity index (χ1n) is 10.9. The molecule has 2 aromatic heterocycles. The molecule has 2 amide bonds. The van der Waals surface area contributed by atoms with Crippen LogP contribution in [0.3, 0.4) is 0 Å². The number of ether oxygens (including phenoxy) is 1. The van der Waals surface area contributed by atoms with E-state index in [9.17, 15) is 9.59 Å². The Hall–Kier alpha value is -3.32. The van der Waals surface area contributed by atoms with E-state index in [0.29, 0.717) is 32.0 Å². The van der Waals surface area contributed by atoms with Crippen LogP contribution < -0.4 is 0 Å². The van der Waals surface area contributed by atoms with Crippen LogP contribution in [-0.4, -0.2) is 45.9 Å². The van der Waals surface area contributed by atoms with Crippen molar-refractivity contribution in [2.75, 3.05) is 19.7 Å². The Bertz CT molecular complexity index is 966. The molecular weight excluding hydrogens is 406 g/mol. The lowest BCUT2D eigenvalue weighted by molar-refractivity contribution is -0.144. The molecule has 3 rings (SSSR count). The second kappa shape index (κ2) is 11.9. The molecule has 7 nitrogen and oxygen atoms in total. The summed E-state index contributed by atoms with van der Waals surface area (Å²) < 4.78 is 13.0. The Kier molecular flexibility index (Phi) is 8.69. The second-order valence-electron chi connectivity index (χ2n) is 7.73. The first-order valence-corrected chi connectivity index (χ1v) is 10.9. The van der Waals surface area contributed by atoms with Crippen LogP contribution in [0.1, 0.15) is 30.4 Å². The van der Waals surface area contributed by atoms with Crippen LogP contribution in [0.5, 0.6) is 0 Å². The van der Waals surface area contributed by atoms with E-state index in [-0.39, 0.29) is 25.0 Å². The van der Waals surface area contributed by atoms with Gasteiger partial charge in [0, 0.05) is 25.5 Å². The third-order valence-electron chi connectivity index (χ3n) is 5.19. The average Bonchev–Trinajstić information content (AvgIpc) is 3.45. The van der Waals surface area contributed by atoms with Gasteiger partial charge in [0.2, 0.25) is 11.8 Å². The van der Waals surface area contributed by atoms with Gasteiger partial charge in [0.05, 0.1) is 32.5 Å². The number of benzene rings is 1. The minimum atomic E-state index is -0.187. The summed E-state index contributed by atoms with van der Waals surface area (Å²) in [5, 5.41) is 0. The van der Waals surface area contributed by atoms with Crippen LogP contribution >= 0.6 is 0 Å². The minimum Gasteiger partial charge on any atom is -0.467 e. The largest absolute Gasteiger partial charge is 0.467 e. The highest BCUT2D eigenvalue weighted by Gasteiger charge is 2.22. The molecule has 0 aliphatic rings. The van der Waals surface area contributed by atoms with Gasteiger partial charge in [-0.15, -0.1) is 0 Å². The summed E-state index contributed by atoms with van der Waals surface area (Å²) in [5.41, 5.74) is 2.01. The van der Waals surface area contributed by atoms with E-state index in [1.54, 1.807) is 22.1 Å². The zero-order valence-corrected chi connectivity index (χ0v) is 18.8. The van der Waals surface area contributed by atoms with E-state index < -0.39 is 0 Å². The molecule has 0 fully saturated rings. The Morgan fingerprint density at radius 1 is 0.969 bits per heavy atom. The summed E-state index contributed by atoms with van der Waals surface area (Å²) in [4.78, 5) is 29.3. The van der Waals surface area contributed by atoms with Gasteiger partial charge in [-0.3, -0.25) is 9.59 Å². The molecule has 2 heterocycles. The first-order chi connectivity index (χ1) is 15.6. The van der Waals surface area contributed by atoms with E-state index >= 15 is 0 Å². The number of hydrogen-bond donors (Lipinski definition) is 0. The minimum absolute atomic E-state index is 0.00645. The summed E-state index contributed by atoms with van der Waals surface area (Å²) in [6.45, 7) is 3.57. The molecule has 3 aromatic rings. The number of hydrogen-bond acceptors (Lipinski definition) is 4. The van der Waals surface area contributed by atoms with E-state index in [1.807, 2.05) is 73.3 Å². The van der Waals surface area contributed by atoms with Crippen molar-refractivity contribution in [2.24, 2.45) is 7.05 Å². The van der Waals surface area contributed by atoms with Gasteiger partial charge in [0.25, 0.3) is 0 Å². The fraction of sp³-hybridized carbons (Fsp3) is 0.360. The van der Waals surface area contributed by atoms with E-state index in [1.165, 1.54) is 0 Å². The zero-order chi connectivity index (χ0) is 22.8. The standard InChI is InChI=1S/C25H31N3O4/c1-3-13-27(25(30)20-31-19-21-9-5-4-6-10-21)18-24(29)28(17-23-12-8-15-32-23)16-22-11-7-14-26(22)2/h4-12,14-15H,3,13,16-20H2,1-2H3. The molecule has 1 aromatic carbocycles. The summed E-state index contributed by atoms with van der Waals surface area (Å²) in [6.07, 6.45) is 4.30. The third-order valence-corrected chi connectivity index (χ3v) is 5.19. The van der Waals surface area contributed by atoms with Gasteiger partial charge in [-0.1, -0.05) is 37.3 Å². The predicted molar refractivity (Wildman–Crippen MR) is 121 cm³/mol. The molecule has 0 spiro atoms. The highest BCUT2D eigenvalue weighted by Crippen LogP contribution is 2.12. The monoisotopic (exact) mass is 437 g/mol. The van der Waals surface area contributed by atoms with Crippen molar-refractivity contribution < 1.29 is 18.7 Å². The fourth-order valence-corrected chi connectivity index (χ4v) is 3.43. The lowest BCUT2D eigenvalue weighted by Gasteiger charge is -2.27.